The third-order valence-corrected chi connectivity index (χ3v) is 5.08. The second-order valence-corrected chi connectivity index (χ2v) is 6.90. The molecule has 0 saturated heterocycles. The zero-order valence-electron chi connectivity index (χ0n) is 13.0. The van der Waals surface area contributed by atoms with Crippen LogP contribution >= 0.6 is 0 Å². The van der Waals surface area contributed by atoms with Crippen LogP contribution in [0.25, 0.3) is 0 Å². The van der Waals surface area contributed by atoms with E-state index in [1.165, 1.54) is 30.4 Å². The molecule has 3 nitrogen and oxygen atoms in total. The van der Waals surface area contributed by atoms with Crippen LogP contribution in [-0.4, -0.2) is 30.9 Å². The Labute approximate surface area is 127 Å². The summed E-state index contributed by atoms with van der Waals surface area (Å²) in [5, 5.41) is 13.3. The SMILES string of the molecule is Cc1ccc2c(c1)CC(CNCC1(CO)CCCCC1)O2. The van der Waals surface area contributed by atoms with Crippen molar-refractivity contribution in [1.82, 2.24) is 5.32 Å². The van der Waals surface area contributed by atoms with Gasteiger partial charge in [-0.15, -0.1) is 0 Å². The van der Waals surface area contributed by atoms with Crippen molar-refractivity contribution in [2.75, 3.05) is 19.7 Å². The van der Waals surface area contributed by atoms with Crippen molar-refractivity contribution in [3.63, 3.8) is 0 Å². The minimum Gasteiger partial charge on any atom is -0.488 e. The maximum atomic E-state index is 9.73. The van der Waals surface area contributed by atoms with Crippen molar-refractivity contribution in [2.45, 2.75) is 51.6 Å². The monoisotopic (exact) mass is 289 g/mol. The molecule has 1 heterocycles. The second-order valence-electron chi connectivity index (χ2n) is 6.90. The highest BCUT2D eigenvalue weighted by atomic mass is 16.5. The van der Waals surface area contributed by atoms with Crippen molar-refractivity contribution in [3.05, 3.63) is 29.3 Å². The van der Waals surface area contributed by atoms with Gasteiger partial charge < -0.3 is 15.2 Å². The van der Waals surface area contributed by atoms with E-state index in [4.69, 9.17) is 4.74 Å². The molecule has 116 valence electrons. The lowest BCUT2D eigenvalue weighted by atomic mass is 9.74. The molecule has 1 saturated carbocycles. The van der Waals surface area contributed by atoms with Crippen molar-refractivity contribution < 1.29 is 9.84 Å². The van der Waals surface area contributed by atoms with Gasteiger partial charge in [-0.2, -0.15) is 0 Å². The molecule has 1 aliphatic heterocycles. The summed E-state index contributed by atoms with van der Waals surface area (Å²) in [7, 11) is 0. The number of aliphatic hydroxyl groups is 1. The summed E-state index contributed by atoms with van der Waals surface area (Å²) < 4.78 is 5.99. The van der Waals surface area contributed by atoms with Crippen molar-refractivity contribution in [2.24, 2.45) is 5.41 Å². The predicted octanol–water partition coefficient (Wildman–Crippen LogP) is 2.83. The molecule has 3 rings (SSSR count). The van der Waals surface area contributed by atoms with E-state index >= 15 is 0 Å². The molecule has 2 aliphatic rings. The van der Waals surface area contributed by atoms with Crippen LogP contribution in [0.2, 0.25) is 0 Å². The van der Waals surface area contributed by atoms with Gasteiger partial charge in [0.15, 0.2) is 0 Å². The number of aliphatic hydroxyl groups excluding tert-OH is 1. The quantitative estimate of drug-likeness (QED) is 0.876. The Morgan fingerprint density at radius 3 is 2.86 bits per heavy atom. The predicted molar refractivity (Wildman–Crippen MR) is 84.8 cm³/mol. The van der Waals surface area contributed by atoms with Crippen LogP contribution in [0.5, 0.6) is 5.75 Å². The number of aryl methyl sites for hydroxylation is 1. The van der Waals surface area contributed by atoms with E-state index in [0.29, 0.717) is 6.61 Å². The first-order valence-corrected chi connectivity index (χ1v) is 8.29. The highest BCUT2D eigenvalue weighted by Gasteiger charge is 2.31. The molecule has 1 aromatic carbocycles. The molecule has 1 unspecified atom stereocenters. The van der Waals surface area contributed by atoms with Crippen molar-refractivity contribution >= 4 is 0 Å². The molecule has 1 aliphatic carbocycles. The van der Waals surface area contributed by atoms with E-state index < -0.39 is 0 Å². The van der Waals surface area contributed by atoms with Crippen LogP contribution in [0.1, 0.15) is 43.2 Å². The molecule has 21 heavy (non-hydrogen) atoms. The molecule has 1 aromatic rings. The zero-order valence-corrected chi connectivity index (χ0v) is 13.0. The molecule has 1 fully saturated rings. The first-order chi connectivity index (χ1) is 10.2. The number of hydrogen-bond donors (Lipinski definition) is 2. The van der Waals surface area contributed by atoms with Crippen LogP contribution in [-0.2, 0) is 6.42 Å². The molecule has 0 amide bonds. The molecule has 0 aromatic heterocycles. The fourth-order valence-corrected chi connectivity index (χ4v) is 3.75. The number of fused-ring (bicyclic) bond motifs is 1. The Hall–Kier alpha value is -1.06. The van der Waals surface area contributed by atoms with Crippen LogP contribution in [0.15, 0.2) is 18.2 Å². The molecule has 1 atom stereocenters. The minimum absolute atomic E-state index is 0.111. The van der Waals surface area contributed by atoms with Gasteiger partial charge in [-0.25, -0.2) is 0 Å². The third-order valence-electron chi connectivity index (χ3n) is 5.08. The number of hydrogen-bond acceptors (Lipinski definition) is 3. The number of ether oxygens (including phenoxy) is 1. The maximum Gasteiger partial charge on any atom is 0.123 e. The summed E-state index contributed by atoms with van der Waals surface area (Å²) in [4.78, 5) is 0. The first kappa shape index (κ1) is 14.9. The van der Waals surface area contributed by atoms with Gasteiger partial charge in [0.05, 0.1) is 0 Å². The van der Waals surface area contributed by atoms with Crippen molar-refractivity contribution in [1.29, 1.82) is 0 Å². The second kappa shape index (κ2) is 6.37. The van der Waals surface area contributed by atoms with Crippen molar-refractivity contribution in [3.8, 4) is 5.75 Å². The third kappa shape index (κ3) is 3.41. The summed E-state index contributed by atoms with van der Waals surface area (Å²) in [5.74, 6) is 1.04. The topological polar surface area (TPSA) is 41.5 Å². The van der Waals surface area contributed by atoms with E-state index in [2.05, 4.69) is 30.4 Å². The fraction of sp³-hybridized carbons (Fsp3) is 0.667. The molecule has 0 spiro atoms. The van der Waals surface area contributed by atoms with Crippen LogP contribution in [0.3, 0.4) is 0 Å². The maximum absolute atomic E-state index is 9.73. The normalized spacial score (nSPS) is 23.6. The summed E-state index contributed by atoms with van der Waals surface area (Å²) >= 11 is 0. The smallest absolute Gasteiger partial charge is 0.123 e. The Bertz CT molecular complexity index is 480. The Balaban J connectivity index is 1.48. The van der Waals surface area contributed by atoms with E-state index in [1.807, 2.05) is 0 Å². The highest BCUT2D eigenvalue weighted by molar-refractivity contribution is 5.40. The van der Waals surface area contributed by atoms with E-state index in [1.54, 1.807) is 0 Å². The van der Waals surface area contributed by atoms with E-state index in [-0.39, 0.29) is 11.5 Å². The van der Waals surface area contributed by atoms with Gasteiger partial charge in [-0.1, -0.05) is 37.0 Å². The molecule has 0 bridgehead atoms. The fourth-order valence-electron chi connectivity index (χ4n) is 3.75. The average Bonchev–Trinajstić information content (AvgIpc) is 2.90. The molecular weight excluding hydrogens is 262 g/mol. The molecular formula is C18H27NO2. The summed E-state index contributed by atoms with van der Waals surface area (Å²) in [6, 6.07) is 6.42. The van der Waals surface area contributed by atoms with E-state index in [0.717, 1.165) is 38.1 Å². The number of benzene rings is 1. The van der Waals surface area contributed by atoms with Crippen LogP contribution in [0, 0.1) is 12.3 Å². The summed E-state index contributed by atoms with van der Waals surface area (Å²) in [6.45, 7) is 4.22. The Kier molecular flexibility index (Phi) is 4.51. The minimum atomic E-state index is 0.111. The lowest BCUT2D eigenvalue weighted by Gasteiger charge is -2.36. The molecule has 3 heteroatoms. The average molecular weight is 289 g/mol. The van der Waals surface area contributed by atoms with Gasteiger partial charge in [0.2, 0.25) is 0 Å². The summed E-state index contributed by atoms with van der Waals surface area (Å²) in [6.07, 6.45) is 7.38. The zero-order chi connectivity index (χ0) is 14.7. The van der Waals surface area contributed by atoms with Gasteiger partial charge in [0, 0.05) is 31.5 Å². The van der Waals surface area contributed by atoms with Gasteiger partial charge in [-0.05, 0) is 31.4 Å². The summed E-state index contributed by atoms with van der Waals surface area (Å²) in [5.41, 5.74) is 2.74. The lowest BCUT2D eigenvalue weighted by molar-refractivity contribution is 0.0782. The Morgan fingerprint density at radius 2 is 2.10 bits per heavy atom. The number of rotatable bonds is 5. The van der Waals surface area contributed by atoms with E-state index in [9.17, 15) is 5.11 Å². The highest BCUT2D eigenvalue weighted by Crippen LogP contribution is 2.35. The van der Waals surface area contributed by atoms with Gasteiger partial charge in [0.25, 0.3) is 0 Å². The Morgan fingerprint density at radius 1 is 1.29 bits per heavy atom. The molecule has 0 radical (unpaired) electrons. The van der Waals surface area contributed by atoms with Gasteiger partial charge in [0.1, 0.15) is 11.9 Å². The van der Waals surface area contributed by atoms with Gasteiger partial charge in [-0.3, -0.25) is 0 Å². The first-order valence-electron chi connectivity index (χ1n) is 8.29. The van der Waals surface area contributed by atoms with Crippen LogP contribution in [0.4, 0.5) is 0 Å². The lowest BCUT2D eigenvalue weighted by Crippen LogP contribution is -2.42. The number of nitrogens with one attached hydrogen (secondary N) is 1. The van der Waals surface area contributed by atoms with Gasteiger partial charge >= 0.3 is 0 Å². The van der Waals surface area contributed by atoms with Crippen LogP contribution < -0.4 is 10.1 Å². The standard InChI is InChI=1S/C18H27NO2/c1-14-5-6-17-15(9-14)10-16(21-17)11-19-12-18(13-20)7-3-2-4-8-18/h5-6,9,16,19-20H,2-4,7-8,10-13H2,1H3. The largest absolute Gasteiger partial charge is 0.488 e. The molecule has 2 N–H and O–H groups in total.